The van der Waals surface area contributed by atoms with E-state index in [1.807, 2.05) is 29.3 Å². The number of methoxy groups -OCH3 is 1. The van der Waals surface area contributed by atoms with E-state index < -0.39 is 0 Å². The predicted molar refractivity (Wildman–Crippen MR) is 117 cm³/mol. The number of hydrogen-bond acceptors (Lipinski definition) is 2. The van der Waals surface area contributed by atoms with E-state index in [4.69, 9.17) is 4.74 Å². The molecule has 1 saturated carbocycles. The number of rotatable bonds is 7. The van der Waals surface area contributed by atoms with Crippen LogP contribution in [0.4, 0.5) is 4.39 Å². The highest BCUT2D eigenvalue weighted by Gasteiger charge is 2.26. The molecule has 1 aliphatic rings. The van der Waals surface area contributed by atoms with Crippen LogP contribution in [0.3, 0.4) is 0 Å². The first-order chi connectivity index (χ1) is 14.6. The number of halogens is 1. The number of nitrogens with zero attached hydrogens (tertiary/aromatic N) is 1. The van der Waals surface area contributed by atoms with E-state index >= 15 is 0 Å². The maximum atomic E-state index is 13.3. The number of hydrogen-bond donors (Lipinski definition) is 1. The molecule has 1 aliphatic carbocycles. The Labute approximate surface area is 177 Å². The number of amides is 1. The Kier molecular flexibility index (Phi) is 6.36. The maximum Gasteiger partial charge on any atom is 0.225 e. The van der Waals surface area contributed by atoms with Crippen molar-refractivity contribution in [3.05, 3.63) is 65.6 Å². The van der Waals surface area contributed by atoms with Gasteiger partial charge in [0.25, 0.3) is 0 Å². The zero-order chi connectivity index (χ0) is 20.9. The van der Waals surface area contributed by atoms with Crippen LogP contribution in [0.5, 0.6) is 5.75 Å². The normalized spacial score (nSPS) is 14.7. The van der Waals surface area contributed by atoms with Crippen molar-refractivity contribution in [2.45, 2.75) is 45.1 Å². The van der Waals surface area contributed by atoms with Gasteiger partial charge < -0.3 is 14.6 Å². The molecule has 0 aliphatic heterocycles. The Morgan fingerprint density at radius 3 is 2.63 bits per heavy atom. The molecule has 1 heterocycles. The molecule has 0 atom stereocenters. The number of H-pyrrole nitrogens is 1. The van der Waals surface area contributed by atoms with Crippen molar-refractivity contribution in [2.24, 2.45) is 5.92 Å². The van der Waals surface area contributed by atoms with E-state index in [9.17, 15) is 9.18 Å². The minimum Gasteiger partial charge on any atom is -0.497 e. The van der Waals surface area contributed by atoms with E-state index in [0.29, 0.717) is 13.1 Å². The number of benzene rings is 2. The highest BCUT2D eigenvalue weighted by Crippen LogP contribution is 2.27. The Hall–Kier alpha value is -2.82. The highest BCUT2D eigenvalue weighted by molar-refractivity contribution is 5.85. The molecule has 4 nitrogen and oxygen atoms in total. The molecule has 1 N–H and O–H groups in total. The standard InChI is InChI=1S/C25H29FN2O2/c1-30-22-11-12-24-23(15-22)20(16-27-24)13-14-28(17-18-7-9-21(26)10-8-18)25(29)19-5-3-2-4-6-19/h7-12,15-16,19,27H,2-6,13-14,17H2,1H3. The number of aromatic amines is 1. The number of carbonyl (C=O) groups excluding carboxylic acids is 1. The number of ether oxygens (including phenoxy) is 1. The minimum absolute atomic E-state index is 0.113. The first kappa shape index (κ1) is 20.5. The van der Waals surface area contributed by atoms with Crippen LogP contribution < -0.4 is 4.74 Å². The van der Waals surface area contributed by atoms with Crippen molar-refractivity contribution in [2.75, 3.05) is 13.7 Å². The number of aromatic nitrogens is 1. The second-order valence-electron chi connectivity index (χ2n) is 8.20. The lowest BCUT2D eigenvalue weighted by molar-refractivity contribution is -0.137. The van der Waals surface area contributed by atoms with Crippen LogP contribution in [0.2, 0.25) is 0 Å². The first-order valence-corrected chi connectivity index (χ1v) is 10.8. The van der Waals surface area contributed by atoms with Gasteiger partial charge in [0.2, 0.25) is 5.91 Å². The zero-order valence-corrected chi connectivity index (χ0v) is 17.5. The fourth-order valence-corrected chi connectivity index (χ4v) is 4.43. The summed E-state index contributed by atoms with van der Waals surface area (Å²) in [4.78, 5) is 18.6. The van der Waals surface area contributed by atoms with E-state index in [2.05, 4.69) is 4.98 Å². The third kappa shape index (κ3) is 4.66. The van der Waals surface area contributed by atoms with Crippen LogP contribution in [-0.2, 0) is 17.8 Å². The third-order valence-electron chi connectivity index (χ3n) is 6.18. The molecule has 1 amide bonds. The maximum absolute atomic E-state index is 13.3. The molecule has 30 heavy (non-hydrogen) atoms. The summed E-state index contributed by atoms with van der Waals surface area (Å²) in [5, 5.41) is 1.13. The van der Waals surface area contributed by atoms with Crippen molar-refractivity contribution in [1.82, 2.24) is 9.88 Å². The van der Waals surface area contributed by atoms with Gasteiger partial charge in [-0.1, -0.05) is 31.4 Å². The highest BCUT2D eigenvalue weighted by atomic mass is 19.1. The van der Waals surface area contributed by atoms with Crippen molar-refractivity contribution < 1.29 is 13.9 Å². The molecule has 158 valence electrons. The molecule has 4 rings (SSSR count). The first-order valence-electron chi connectivity index (χ1n) is 10.8. The third-order valence-corrected chi connectivity index (χ3v) is 6.18. The molecule has 0 unspecified atom stereocenters. The molecule has 0 saturated heterocycles. The average Bonchev–Trinajstić information content (AvgIpc) is 3.20. The fourth-order valence-electron chi connectivity index (χ4n) is 4.43. The largest absolute Gasteiger partial charge is 0.497 e. The van der Waals surface area contributed by atoms with Gasteiger partial charge in [-0.15, -0.1) is 0 Å². The van der Waals surface area contributed by atoms with Gasteiger partial charge in [-0.05, 0) is 60.7 Å². The summed E-state index contributed by atoms with van der Waals surface area (Å²) in [6.07, 6.45) is 8.20. The van der Waals surface area contributed by atoms with E-state index in [1.165, 1.54) is 24.1 Å². The van der Waals surface area contributed by atoms with Crippen LogP contribution in [0, 0.1) is 11.7 Å². The van der Waals surface area contributed by atoms with Crippen molar-refractivity contribution >= 4 is 16.8 Å². The second-order valence-corrected chi connectivity index (χ2v) is 8.20. The molecular weight excluding hydrogens is 379 g/mol. The molecule has 5 heteroatoms. The minimum atomic E-state index is -0.253. The molecule has 3 aromatic rings. The van der Waals surface area contributed by atoms with Gasteiger partial charge in [0.1, 0.15) is 11.6 Å². The Morgan fingerprint density at radius 1 is 1.13 bits per heavy atom. The van der Waals surface area contributed by atoms with Crippen LogP contribution in [0.25, 0.3) is 10.9 Å². The Bertz CT molecular complexity index is 990. The summed E-state index contributed by atoms with van der Waals surface area (Å²) in [6.45, 7) is 1.15. The summed E-state index contributed by atoms with van der Waals surface area (Å²) < 4.78 is 18.7. The molecule has 2 aromatic carbocycles. The van der Waals surface area contributed by atoms with Gasteiger partial charge >= 0.3 is 0 Å². The summed E-state index contributed by atoms with van der Waals surface area (Å²) >= 11 is 0. The number of carbonyl (C=O) groups is 1. The second kappa shape index (κ2) is 9.33. The number of nitrogens with one attached hydrogen (secondary N) is 1. The smallest absolute Gasteiger partial charge is 0.225 e. The molecule has 1 fully saturated rings. The summed E-state index contributed by atoms with van der Waals surface area (Å²) in [5.74, 6) is 0.917. The van der Waals surface area contributed by atoms with Gasteiger partial charge in [0.15, 0.2) is 0 Å². The summed E-state index contributed by atoms with van der Waals surface area (Å²) in [6, 6.07) is 12.5. The summed E-state index contributed by atoms with van der Waals surface area (Å²) in [7, 11) is 1.67. The van der Waals surface area contributed by atoms with Gasteiger partial charge in [-0.3, -0.25) is 4.79 Å². The quantitative estimate of drug-likeness (QED) is 0.564. The molecular formula is C25H29FN2O2. The Balaban J connectivity index is 1.53. The van der Waals surface area contributed by atoms with E-state index in [0.717, 1.165) is 54.3 Å². The van der Waals surface area contributed by atoms with Crippen molar-refractivity contribution in [3.63, 3.8) is 0 Å². The molecule has 0 spiro atoms. The zero-order valence-electron chi connectivity index (χ0n) is 17.5. The van der Waals surface area contributed by atoms with E-state index in [1.54, 1.807) is 19.2 Å². The van der Waals surface area contributed by atoms with Crippen LogP contribution in [0.15, 0.2) is 48.7 Å². The van der Waals surface area contributed by atoms with Gasteiger partial charge in [0, 0.05) is 36.1 Å². The summed E-state index contributed by atoms with van der Waals surface area (Å²) in [5.41, 5.74) is 3.19. The SMILES string of the molecule is COc1ccc2[nH]cc(CCN(Cc3ccc(F)cc3)C(=O)C3CCCCC3)c2c1. The Morgan fingerprint density at radius 2 is 1.90 bits per heavy atom. The molecule has 0 bridgehead atoms. The van der Waals surface area contributed by atoms with Crippen molar-refractivity contribution in [1.29, 1.82) is 0 Å². The van der Waals surface area contributed by atoms with Crippen LogP contribution in [-0.4, -0.2) is 29.4 Å². The lowest BCUT2D eigenvalue weighted by Crippen LogP contribution is -2.38. The monoisotopic (exact) mass is 408 g/mol. The van der Waals surface area contributed by atoms with Gasteiger partial charge in [0.05, 0.1) is 7.11 Å². The lowest BCUT2D eigenvalue weighted by atomic mass is 9.88. The molecule has 0 radical (unpaired) electrons. The molecule has 1 aromatic heterocycles. The number of fused-ring (bicyclic) bond motifs is 1. The van der Waals surface area contributed by atoms with E-state index in [-0.39, 0.29) is 17.6 Å². The van der Waals surface area contributed by atoms with Crippen molar-refractivity contribution in [3.8, 4) is 5.75 Å². The van der Waals surface area contributed by atoms with Crippen LogP contribution >= 0.6 is 0 Å². The van der Waals surface area contributed by atoms with Gasteiger partial charge in [-0.2, -0.15) is 0 Å². The average molecular weight is 409 g/mol. The van der Waals surface area contributed by atoms with Crippen LogP contribution in [0.1, 0.15) is 43.2 Å². The predicted octanol–water partition coefficient (Wildman–Crippen LogP) is 5.47. The topological polar surface area (TPSA) is 45.3 Å². The fraction of sp³-hybridized carbons (Fsp3) is 0.400. The van der Waals surface area contributed by atoms with Gasteiger partial charge in [-0.25, -0.2) is 4.39 Å². The lowest BCUT2D eigenvalue weighted by Gasteiger charge is -2.29.